The highest BCUT2D eigenvalue weighted by atomic mass is 19.4. The molecule has 8 heteroatoms. The van der Waals surface area contributed by atoms with Crippen LogP contribution in [-0.2, 0) is 11.2 Å². The van der Waals surface area contributed by atoms with Crippen molar-refractivity contribution in [1.29, 1.82) is 0 Å². The van der Waals surface area contributed by atoms with E-state index in [0.29, 0.717) is 16.9 Å². The molecular weight excluding hydrogens is 283 g/mol. The van der Waals surface area contributed by atoms with Gasteiger partial charge in [0.25, 0.3) is 0 Å². The van der Waals surface area contributed by atoms with Gasteiger partial charge in [0.2, 0.25) is 0 Å². The fourth-order valence-electron chi connectivity index (χ4n) is 2.15. The zero-order chi connectivity index (χ0) is 15.1. The molecule has 0 bridgehead atoms. The molecular formula is C12H11F5N2O. The average molecular weight is 294 g/mol. The molecule has 0 fully saturated rings. The molecule has 0 unspecified atom stereocenters. The zero-order valence-electron chi connectivity index (χ0n) is 10.2. The van der Waals surface area contributed by atoms with Crippen LogP contribution in [0.2, 0.25) is 0 Å². The summed E-state index contributed by atoms with van der Waals surface area (Å²) in [5, 5.41) is 0. The standard InChI is InChI=1S/C12H11F5N2O/c13-11(14,12(15,16)17)10(20)19-6-2-3-7-8(18)4-1-5-9(7)19/h1,4-5H,2-3,6,18H2. The second-order valence-corrected chi connectivity index (χ2v) is 4.48. The highest BCUT2D eigenvalue weighted by Gasteiger charge is 2.65. The Kier molecular flexibility index (Phi) is 3.35. The SMILES string of the molecule is Nc1cccc2c1CCCN2C(=O)C(F)(F)C(F)(F)F. The molecule has 3 nitrogen and oxygen atoms in total. The maximum Gasteiger partial charge on any atom is 0.463 e. The quantitative estimate of drug-likeness (QED) is 0.639. The molecule has 1 aliphatic heterocycles. The van der Waals surface area contributed by atoms with E-state index in [1.54, 1.807) is 0 Å². The van der Waals surface area contributed by atoms with Crippen molar-refractivity contribution in [3.63, 3.8) is 0 Å². The van der Waals surface area contributed by atoms with Crippen molar-refractivity contribution in [2.75, 3.05) is 17.2 Å². The molecule has 0 aromatic heterocycles. The smallest absolute Gasteiger partial charge is 0.398 e. The Labute approximate surface area is 111 Å². The fourth-order valence-corrected chi connectivity index (χ4v) is 2.15. The van der Waals surface area contributed by atoms with E-state index < -0.39 is 18.0 Å². The number of amides is 1. The third kappa shape index (κ3) is 2.19. The summed E-state index contributed by atoms with van der Waals surface area (Å²) in [7, 11) is 0. The van der Waals surface area contributed by atoms with Crippen LogP contribution in [0.4, 0.5) is 33.3 Å². The van der Waals surface area contributed by atoms with E-state index in [1.165, 1.54) is 18.2 Å². The minimum absolute atomic E-state index is 0.0187. The highest BCUT2D eigenvalue weighted by molar-refractivity contribution is 6.00. The van der Waals surface area contributed by atoms with E-state index in [2.05, 4.69) is 0 Å². The highest BCUT2D eigenvalue weighted by Crippen LogP contribution is 2.40. The van der Waals surface area contributed by atoms with E-state index in [-0.39, 0.29) is 24.3 Å². The minimum atomic E-state index is -5.91. The monoisotopic (exact) mass is 294 g/mol. The number of alkyl halides is 5. The molecule has 2 N–H and O–H groups in total. The fraction of sp³-hybridized carbons (Fsp3) is 0.417. The molecule has 0 spiro atoms. The second-order valence-electron chi connectivity index (χ2n) is 4.48. The van der Waals surface area contributed by atoms with E-state index in [1.807, 2.05) is 0 Å². The van der Waals surface area contributed by atoms with Gasteiger partial charge in [0, 0.05) is 17.9 Å². The van der Waals surface area contributed by atoms with Gasteiger partial charge in [-0.1, -0.05) is 6.07 Å². The van der Waals surface area contributed by atoms with Gasteiger partial charge in [0.05, 0.1) is 0 Å². The number of benzene rings is 1. The zero-order valence-corrected chi connectivity index (χ0v) is 10.2. The summed E-state index contributed by atoms with van der Waals surface area (Å²) in [5.74, 6) is -7.68. The van der Waals surface area contributed by atoms with Crippen LogP contribution in [0.15, 0.2) is 18.2 Å². The van der Waals surface area contributed by atoms with Crippen molar-refractivity contribution in [2.24, 2.45) is 0 Å². The van der Waals surface area contributed by atoms with Crippen LogP contribution in [0.25, 0.3) is 0 Å². The number of nitrogens with two attached hydrogens (primary N) is 1. The lowest BCUT2D eigenvalue weighted by Crippen LogP contribution is -2.53. The lowest BCUT2D eigenvalue weighted by Gasteiger charge is -2.33. The van der Waals surface area contributed by atoms with Gasteiger partial charge in [0.15, 0.2) is 0 Å². The molecule has 1 aromatic carbocycles. The minimum Gasteiger partial charge on any atom is -0.398 e. The number of nitrogens with zero attached hydrogens (tertiary/aromatic N) is 1. The number of hydrogen-bond donors (Lipinski definition) is 1. The van der Waals surface area contributed by atoms with Gasteiger partial charge in [-0.3, -0.25) is 4.79 Å². The first-order valence-electron chi connectivity index (χ1n) is 5.80. The van der Waals surface area contributed by atoms with Crippen molar-refractivity contribution in [2.45, 2.75) is 24.9 Å². The van der Waals surface area contributed by atoms with Crippen LogP contribution in [0.1, 0.15) is 12.0 Å². The summed E-state index contributed by atoms with van der Waals surface area (Å²) in [6.45, 7) is -0.193. The van der Waals surface area contributed by atoms with Crippen molar-refractivity contribution >= 4 is 17.3 Å². The number of rotatable bonds is 1. The van der Waals surface area contributed by atoms with Crippen molar-refractivity contribution in [1.82, 2.24) is 0 Å². The normalized spacial score (nSPS) is 15.9. The summed E-state index contributed by atoms with van der Waals surface area (Å²) < 4.78 is 63.1. The number of carbonyl (C=O) groups excluding carboxylic acids is 1. The van der Waals surface area contributed by atoms with Crippen LogP contribution in [-0.4, -0.2) is 24.6 Å². The first-order chi connectivity index (χ1) is 9.16. The molecule has 0 atom stereocenters. The largest absolute Gasteiger partial charge is 0.463 e. The van der Waals surface area contributed by atoms with Crippen LogP contribution in [0.3, 0.4) is 0 Å². The molecule has 0 aliphatic carbocycles. The van der Waals surface area contributed by atoms with Gasteiger partial charge in [-0.05, 0) is 30.5 Å². The first kappa shape index (κ1) is 14.5. The molecule has 0 saturated heterocycles. The van der Waals surface area contributed by atoms with E-state index in [9.17, 15) is 26.7 Å². The topological polar surface area (TPSA) is 46.3 Å². The Bertz CT molecular complexity index is 541. The van der Waals surface area contributed by atoms with Crippen molar-refractivity contribution in [3.05, 3.63) is 23.8 Å². The van der Waals surface area contributed by atoms with E-state index in [0.717, 1.165) is 0 Å². The molecule has 1 aliphatic rings. The number of hydrogen-bond acceptors (Lipinski definition) is 2. The Hall–Kier alpha value is -1.86. The summed E-state index contributed by atoms with van der Waals surface area (Å²) in [4.78, 5) is 12.0. The Morgan fingerprint density at radius 2 is 1.85 bits per heavy atom. The Morgan fingerprint density at radius 1 is 1.20 bits per heavy atom. The molecule has 1 heterocycles. The van der Waals surface area contributed by atoms with Gasteiger partial charge in [-0.25, -0.2) is 0 Å². The molecule has 110 valence electrons. The van der Waals surface area contributed by atoms with Gasteiger partial charge >= 0.3 is 18.0 Å². The predicted octanol–water partition coefficient (Wildman–Crippen LogP) is 2.75. The van der Waals surface area contributed by atoms with Gasteiger partial charge in [0.1, 0.15) is 0 Å². The number of fused-ring (bicyclic) bond motifs is 1. The van der Waals surface area contributed by atoms with Gasteiger partial charge < -0.3 is 10.6 Å². The van der Waals surface area contributed by atoms with E-state index in [4.69, 9.17) is 5.73 Å². The molecule has 1 aromatic rings. The van der Waals surface area contributed by atoms with Crippen LogP contribution in [0, 0.1) is 0 Å². The molecule has 0 radical (unpaired) electrons. The third-order valence-electron chi connectivity index (χ3n) is 3.16. The average Bonchev–Trinajstić information content (AvgIpc) is 2.36. The summed E-state index contributed by atoms with van der Waals surface area (Å²) in [6.07, 6.45) is -5.20. The summed E-state index contributed by atoms with van der Waals surface area (Å²) in [5.41, 5.74) is 6.36. The molecule has 20 heavy (non-hydrogen) atoms. The lowest BCUT2D eigenvalue weighted by atomic mass is 9.99. The Balaban J connectivity index is 2.42. The second kappa shape index (κ2) is 4.60. The number of anilines is 2. The summed E-state index contributed by atoms with van der Waals surface area (Å²) in [6, 6.07) is 4.23. The van der Waals surface area contributed by atoms with Crippen LogP contribution in [0.5, 0.6) is 0 Å². The van der Waals surface area contributed by atoms with Crippen molar-refractivity contribution < 1.29 is 26.7 Å². The van der Waals surface area contributed by atoms with Crippen LogP contribution < -0.4 is 10.6 Å². The Morgan fingerprint density at radius 3 is 2.45 bits per heavy atom. The first-order valence-corrected chi connectivity index (χ1v) is 5.80. The van der Waals surface area contributed by atoms with Gasteiger partial charge in [-0.15, -0.1) is 0 Å². The van der Waals surface area contributed by atoms with E-state index >= 15 is 0 Å². The molecule has 2 rings (SSSR count). The van der Waals surface area contributed by atoms with Crippen molar-refractivity contribution in [3.8, 4) is 0 Å². The summed E-state index contributed by atoms with van der Waals surface area (Å²) >= 11 is 0. The number of halogens is 5. The van der Waals surface area contributed by atoms with Crippen LogP contribution >= 0.6 is 0 Å². The maximum atomic E-state index is 13.2. The van der Waals surface area contributed by atoms with Gasteiger partial charge in [-0.2, -0.15) is 22.0 Å². The number of nitrogen functional groups attached to an aromatic ring is 1. The number of carbonyl (C=O) groups is 1. The third-order valence-corrected chi connectivity index (χ3v) is 3.16. The molecule has 0 saturated carbocycles. The maximum absolute atomic E-state index is 13.2. The lowest BCUT2D eigenvalue weighted by molar-refractivity contribution is -0.268. The predicted molar refractivity (Wildman–Crippen MR) is 62.5 cm³/mol. The molecule has 1 amide bonds.